The minimum Gasteiger partial charge on any atom is -0.457 e. The molecule has 0 aliphatic heterocycles. The molecule has 0 radical (unpaired) electrons. The number of ether oxygens (including phenoxy) is 1. The summed E-state index contributed by atoms with van der Waals surface area (Å²) in [5, 5.41) is 0.990. The molecule has 4 heteroatoms. The molecule has 18 heavy (non-hydrogen) atoms. The first-order chi connectivity index (χ1) is 8.60. The molecular weight excluding hydrogens is 269 g/mol. The summed E-state index contributed by atoms with van der Waals surface area (Å²) in [5.41, 5.74) is 7.69. The molecule has 2 aromatic rings. The molecule has 0 bridgehead atoms. The zero-order valence-electron chi connectivity index (χ0n) is 9.91. The molecule has 0 aliphatic rings. The third-order valence-corrected chi connectivity index (χ3v) is 3.33. The molecule has 2 rings (SSSR count). The van der Waals surface area contributed by atoms with E-state index in [1.54, 1.807) is 18.2 Å². The Morgan fingerprint density at radius 3 is 2.44 bits per heavy atom. The highest BCUT2D eigenvalue weighted by molar-refractivity contribution is 6.42. The zero-order chi connectivity index (χ0) is 13.1. The molecule has 0 spiro atoms. The van der Waals surface area contributed by atoms with Gasteiger partial charge in [0.05, 0.1) is 10.0 Å². The molecule has 0 atom stereocenters. The Kier molecular flexibility index (Phi) is 4.12. The number of nitrogens with two attached hydrogens (primary N) is 1. The van der Waals surface area contributed by atoms with E-state index in [0.29, 0.717) is 22.3 Å². The van der Waals surface area contributed by atoms with Crippen molar-refractivity contribution in [2.24, 2.45) is 5.73 Å². The second kappa shape index (κ2) is 5.61. The lowest BCUT2D eigenvalue weighted by molar-refractivity contribution is 0.478. The fourth-order valence-corrected chi connectivity index (χ4v) is 1.91. The Morgan fingerprint density at radius 1 is 1.06 bits per heavy atom. The predicted octanol–water partition coefficient (Wildman–Crippen LogP) is 4.55. The third-order valence-electron chi connectivity index (χ3n) is 2.59. The van der Waals surface area contributed by atoms with Crippen molar-refractivity contribution in [1.29, 1.82) is 0 Å². The van der Waals surface area contributed by atoms with Gasteiger partial charge >= 0.3 is 0 Å². The van der Waals surface area contributed by atoms with Crippen molar-refractivity contribution in [2.45, 2.75) is 13.5 Å². The normalized spacial score (nSPS) is 10.4. The first kappa shape index (κ1) is 13.2. The third kappa shape index (κ3) is 2.96. The average Bonchev–Trinajstić information content (AvgIpc) is 2.36. The van der Waals surface area contributed by atoms with Gasteiger partial charge in [0, 0.05) is 12.6 Å². The van der Waals surface area contributed by atoms with Crippen molar-refractivity contribution < 1.29 is 4.74 Å². The van der Waals surface area contributed by atoms with Gasteiger partial charge in [-0.05, 0) is 36.2 Å². The van der Waals surface area contributed by atoms with Crippen LogP contribution in [-0.4, -0.2) is 0 Å². The molecule has 0 heterocycles. The molecule has 0 saturated heterocycles. The van der Waals surface area contributed by atoms with Crippen LogP contribution in [-0.2, 0) is 6.54 Å². The summed E-state index contributed by atoms with van der Waals surface area (Å²) < 4.78 is 5.76. The minimum atomic E-state index is 0.477. The number of hydrogen-bond acceptors (Lipinski definition) is 2. The van der Waals surface area contributed by atoms with Crippen molar-refractivity contribution in [3.63, 3.8) is 0 Å². The molecule has 94 valence electrons. The van der Waals surface area contributed by atoms with Gasteiger partial charge in [0.2, 0.25) is 0 Å². The predicted molar refractivity (Wildman–Crippen MR) is 75.6 cm³/mol. The van der Waals surface area contributed by atoms with Gasteiger partial charge < -0.3 is 10.5 Å². The van der Waals surface area contributed by atoms with Gasteiger partial charge in [-0.1, -0.05) is 35.3 Å². The van der Waals surface area contributed by atoms with Gasteiger partial charge in [-0.2, -0.15) is 0 Å². The first-order valence-corrected chi connectivity index (χ1v) is 6.28. The second-order valence-corrected chi connectivity index (χ2v) is 4.80. The van der Waals surface area contributed by atoms with Gasteiger partial charge in [-0.25, -0.2) is 0 Å². The number of rotatable bonds is 3. The molecule has 0 saturated carbocycles. The van der Waals surface area contributed by atoms with Crippen LogP contribution in [0.1, 0.15) is 11.1 Å². The van der Waals surface area contributed by atoms with E-state index < -0.39 is 0 Å². The summed E-state index contributed by atoms with van der Waals surface area (Å²) in [5.74, 6) is 1.44. The van der Waals surface area contributed by atoms with Gasteiger partial charge in [0.15, 0.2) is 0 Å². The van der Waals surface area contributed by atoms with Gasteiger partial charge in [-0.3, -0.25) is 0 Å². The zero-order valence-corrected chi connectivity index (χ0v) is 11.4. The van der Waals surface area contributed by atoms with Crippen molar-refractivity contribution >= 4 is 23.2 Å². The molecule has 2 nitrogen and oxygen atoms in total. The van der Waals surface area contributed by atoms with Crippen molar-refractivity contribution in [1.82, 2.24) is 0 Å². The number of benzene rings is 2. The summed E-state index contributed by atoms with van der Waals surface area (Å²) in [7, 11) is 0. The van der Waals surface area contributed by atoms with Crippen LogP contribution in [0.2, 0.25) is 10.0 Å². The maximum atomic E-state index is 5.94. The SMILES string of the molecule is Cc1cc(CN)ccc1Oc1ccc(Cl)c(Cl)c1. The van der Waals surface area contributed by atoms with E-state index in [0.717, 1.165) is 16.9 Å². The quantitative estimate of drug-likeness (QED) is 0.896. The number of halogens is 2. The molecule has 2 N–H and O–H groups in total. The van der Waals surface area contributed by atoms with Crippen LogP contribution in [0.25, 0.3) is 0 Å². The highest BCUT2D eigenvalue weighted by atomic mass is 35.5. The smallest absolute Gasteiger partial charge is 0.130 e. The summed E-state index contributed by atoms with van der Waals surface area (Å²) in [6.07, 6.45) is 0. The standard InChI is InChI=1S/C14H13Cl2NO/c1-9-6-10(8-17)2-5-14(9)18-11-3-4-12(15)13(16)7-11/h2-7H,8,17H2,1H3. The minimum absolute atomic E-state index is 0.477. The topological polar surface area (TPSA) is 35.2 Å². The number of aryl methyl sites for hydroxylation is 1. The largest absolute Gasteiger partial charge is 0.457 e. The Balaban J connectivity index is 2.25. The second-order valence-electron chi connectivity index (χ2n) is 3.98. The lowest BCUT2D eigenvalue weighted by Gasteiger charge is -2.10. The Bertz CT molecular complexity index is 570. The summed E-state index contributed by atoms with van der Waals surface area (Å²) in [6, 6.07) is 11.0. The van der Waals surface area contributed by atoms with Gasteiger partial charge in [0.1, 0.15) is 11.5 Å². The molecule has 2 aromatic carbocycles. The average molecular weight is 282 g/mol. The molecule has 0 aromatic heterocycles. The molecular formula is C14H13Cl2NO. The van der Waals surface area contributed by atoms with Crippen LogP contribution >= 0.6 is 23.2 Å². The highest BCUT2D eigenvalue weighted by Crippen LogP contribution is 2.30. The van der Waals surface area contributed by atoms with Crippen LogP contribution in [0.15, 0.2) is 36.4 Å². The van der Waals surface area contributed by atoms with Crippen LogP contribution in [0, 0.1) is 6.92 Å². The fraction of sp³-hybridized carbons (Fsp3) is 0.143. The summed E-state index contributed by atoms with van der Waals surface area (Å²) in [6.45, 7) is 2.50. The first-order valence-electron chi connectivity index (χ1n) is 5.52. The van der Waals surface area contributed by atoms with Crippen LogP contribution in [0.4, 0.5) is 0 Å². The van der Waals surface area contributed by atoms with Crippen molar-refractivity contribution in [3.8, 4) is 11.5 Å². The van der Waals surface area contributed by atoms with E-state index in [1.807, 2.05) is 25.1 Å². The van der Waals surface area contributed by atoms with E-state index in [-0.39, 0.29) is 0 Å². The highest BCUT2D eigenvalue weighted by Gasteiger charge is 2.04. The monoisotopic (exact) mass is 281 g/mol. The van der Waals surface area contributed by atoms with E-state index in [1.165, 1.54) is 0 Å². The van der Waals surface area contributed by atoms with E-state index >= 15 is 0 Å². The van der Waals surface area contributed by atoms with Crippen LogP contribution in [0.5, 0.6) is 11.5 Å². The Labute approximate surface area is 116 Å². The van der Waals surface area contributed by atoms with Gasteiger partial charge in [-0.15, -0.1) is 0 Å². The molecule has 0 fully saturated rings. The van der Waals surface area contributed by atoms with Crippen LogP contribution in [0.3, 0.4) is 0 Å². The summed E-state index contributed by atoms with van der Waals surface area (Å²) >= 11 is 11.8. The Morgan fingerprint density at radius 2 is 1.83 bits per heavy atom. The maximum Gasteiger partial charge on any atom is 0.130 e. The lowest BCUT2D eigenvalue weighted by Crippen LogP contribution is -1.97. The van der Waals surface area contributed by atoms with Crippen molar-refractivity contribution in [2.75, 3.05) is 0 Å². The Hall–Kier alpha value is -1.22. The molecule has 0 unspecified atom stereocenters. The van der Waals surface area contributed by atoms with E-state index in [9.17, 15) is 0 Å². The molecule has 0 amide bonds. The van der Waals surface area contributed by atoms with Crippen LogP contribution < -0.4 is 10.5 Å². The van der Waals surface area contributed by atoms with Crippen molar-refractivity contribution in [3.05, 3.63) is 57.6 Å². The van der Waals surface area contributed by atoms with E-state index in [2.05, 4.69) is 0 Å². The number of hydrogen-bond donors (Lipinski definition) is 1. The molecule has 0 aliphatic carbocycles. The lowest BCUT2D eigenvalue weighted by atomic mass is 10.1. The maximum absolute atomic E-state index is 5.94. The van der Waals surface area contributed by atoms with Gasteiger partial charge in [0.25, 0.3) is 0 Å². The summed E-state index contributed by atoms with van der Waals surface area (Å²) in [4.78, 5) is 0. The van der Waals surface area contributed by atoms with E-state index in [4.69, 9.17) is 33.7 Å². The fourth-order valence-electron chi connectivity index (χ4n) is 1.62.